The van der Waals surface area contributed by atoms with Crippen molar-refractivity contribution < 1.29 is 17.9 Å². The van der Waals surface area contributed by atoms with Gasteiger partial charge in [0.15, 0.2) is 6.10 Å². The van der Waals surface area contributed by atoms with E-state index in [9.17, 15) is 13.2 Å². The number of nitrogens with one attached hydrogen (secondary N) is 1. The van der Waals surface area contributed by atoms with Crippen molar-refractivity contribution in [3.8, 4) is 5.75 Å². The maximum absolute atomic E-state index is 13.4. The van der Waals surface area contributed by atoms with Crippen LogP contribution in [0.3, 0.4) is 0 Å². The first-order valence-corrected chi connectivity index (χ1v) is 12.0. The average molecular weight is 471 g/mol. The van der Waals surface area contributed by atoms with Crippen molar-refractivity contribution >= 4 is 38.9 Å². The van der Waals surface area contributed by atoms with Gasteiger partial charge in [-0.05, 0) is 53.9 Å². The lowest BCUT2D eigenvalue weighted by atomic mass is 10.0. The number of anilines is 2. The number of sulfonamides is 1. The van der Waals surface area contributed by atoms with E-state index in [-0.39, 0.29) is 17.2 Å². The van der Waals surface area contributed by atoms with Gasteiger partial charge in [-0.25, -0.2) is 8.42 Å². The monoisotopic (exact) mass is 470 g/mol. The smallest absolute Gasteiger partial charge is 0.267 e. The molecule has 3 aromatic carbocycles. The Morgan fingerprint density at radius 3 is 2.41 bits per heavy atom. The van der Waals surface area contributed by atoms with E-state index in [4.69, 9.17) is 16.3 Å². The van der Waals surface area contributed by atoms with Gasteiger partial charge in [-0.3, -0.25) is 9.10 Å². The van der Waals surface area contributed by atoms with Gasteiger partial charge in [-0.1, -0.05) is 55.8 Å². The fourth-order valence-corrected chi connectivity index (χ4v) is 5.14. The third-order valence-electron chi connectivity index (χ3n) is 5.26. The first-order valence-electron chi connectivity index (χ1n) is 10.2. The van der Waals surface area contributed by atoms with E-state index in [0.29, 0.717) is 22.3 Å². The van der Waals surface area contributed by atoms with Gasteiger partial charge in [0.05, 0.1) is 17.1 Å². The second-order valence-electron chi connectivity index (χ2n) is 7.83. The van der Waals surface area contributed by atoms with Crippen LogP contribution in [-0.4, -0.2) is 27.0 Å². The molecule has 1 amide bonds. The minimum absolute atomic E-state index is 0.122. The van der Waals surface area contributed by atoms with E-state index >= 15 is 0 Å². The number of nitrogens with zero attached hydrogens (tertiary/aromatic N) is 1. The molecule has 0 radical (unpaired) electrons. The summed E-state index contributed by atoms with van der Waals surface area (Å²) in [6, 6.07) is 20.3. The van der Waals surface area contributed by atoms with Crippen molar-refractivity contribution in [2.24, 2.45) is 0 Å². The van der Waals surface area contributed by atoms with Crippen molar-refractivity contribution in [2.45, 2.75) is 30.8 Å². The van der Waals surface area contributed by atoms with Gasteiger partial charge in [-0.15, -0.1) is 0 Å². The first kappa shape index (κ1) is 22.2. The van der Waals surface area contributed by atoms with E-state index in [2.05, 4.69) is 19.2 Å². The van der Waals surface area contributed by atoms with Crippen molar-refractivity contribution in [2.75, 3.05) is 16.2 Å². The number of carbonyl (C=O) groups is 1. The maximum Gasteiger partial charge on any atom is 0.267 e. The molecule has 4 rings (SSSR count). The zero-order chi connectivity index (χ0) is 22.9. The molecule has 166 valence electrons. The predicted octanol–water partition coefficient (Wildman–Crippen LogP) is 5.06. The van der Waals surface area contributed by atoms with Gasteiger partial charge in [0.2, 0.25) is 0 Å². The number of hydrogen-bond donors (Lipinski definition) is 1. The molecule has 1 atom stereocenters. The Kier molecular flexibility index (Phi) is 6.13. The highest BCUT2D eigenvalue weighted by Gasteiger charge is 2.37. The third kappa shape index (κ3) is 4.45. The summed E-state index contributed by atoms with van der Waals surface area (Å²) in [5, 5.41) is 3.19. The maximum atomic E-state index is 13.4. The molecule has 0 aromatic heterocycles. The molecule has 8 heteroatoms. The number of halogens is 1. The zero-order valence-corrected chi connectivity index (χ0v) is 19.2. The summed E-state index contributed by atoms with van der Waals surface area (Å²) in [6.07, 6.45) is -1.04. The van der Waals surface area contributed by atoms with E-state index < -0.39 is 22.0 Å². The molecule has 6 nitrogen and oxygen atoms in total. The molecule has 0 saturated heterocycles. The summed E-state index contributed by atoms with van der Waals surface area (Å²) in [5.41, 5.74) is 2.07. The third-order valence-corrected chi connectivity index (χ3v) is 7.29. The quantitative estimate of drug-likeness (QED) is 0.565. The molecule has 0 unspecified atom stereocenters. The Bertz CT molecular complexity index is 1230. The molecule has 3 aromatic rings. The minimum Gasteiger partial charge on any atom is -0.476 e. The molecule has 0 fully saturated rings. The SMILES string of the molecule is CC(C)c1ccc(NC(=O)[C@H]2CN(S(=O)(=O)c3ccccc3)c3cc(Cl)ccc3O2)cc1. The second kappa shape index (κ2) is 8.84. The summed E-state index contributed by atoms with van der Waals surface area (Å²) in [4.78, 5) is 13.1. The number of ether oxygens (including phenoxy) is 1. The lowest BCUT2D eigenvalue weighted by molar-refractivity contribution is -0.122. The lowest BCUT2D eigenvalue weighted by Crippen LogP contribution is -2.48. The first-order chi connectivity index (χ1) is 15.3. The van der Waals surface area contributed by atoms with Crippen LogP contribution in [0.2, 0.25) is 5.02 Å². The van der Waals surface area contributed by atoms with Crippen LogP contribution in [0.1, 0.15) is 25.3 Å². The molecular formula is C24H23ClN2O4S. The Morgan fingerprint density at radius 1 is 1.06 bits per heavy atom. The molecule has 1 N–H and O–H groups in total. The number of rotatable bonds is 5. The summed E-state index contributed by atoms with van der Waals surface area (Å²) in [6.45, 7) is 4.00. The number of amides is 1. The Labute approximate surface area is 192 Å². The van der Waals surface area contributed by atoms with Crippen LogP contribution in [0.5, 0.6) is 5.75 Å². The van der Waals surface area contributed by atoms with Gasteiger partial charge in [-0.2, -0.15) is 0 Å². The number of benzene rings is 3. The van der Waals surface area contributed by atoms with Crippen LogP contribution in [0, 0.1) is 0 Å². The highest BCUT2D eigenvalue weighted by atomic mass is 35.5. The topological polar surface area (TPSA) is 75.7 Å². The molecule has 32 heavy (non-hydrogen) atoms. The van der Waals surface area contributed by atoms with E-state index in [1.165, 1.54) is 22.5 Å². The van der Waals surface area contributed by atoms with Crippen molar-refractivity contribution in [1.29, 1.82) is 0 Å². The number of fused-ring (bicyclic) bond motifs is 1. The van der Waals surface area contributed by atoms with Gasteiger partial charge in [0.1, 0.15) is 5.75 Å². The number of carbonyl (C=O) groups excluding carboxylic acids is 1. The fourth-order valence-electron chi connectivity index (χ4n) is 3.48. The van der Waals surface area contributed by atoms with Crippen LogP contribution in [0.4, 0.5) is 11.4 Å². The molecule has 0 bridgehead atoms. The molecule has 1 heterocycles. The van der Waals surface area contributed by atoms with Gasteiger partial charge in [0.25, 0.3) is 15.9 Å². The van der Waals surface area contributed by atoms with Crippen molar-refractivity contribution in [3.05, 3.63) is 83.4 Å². The lowest BCUT2D eigenvalue weighted by Gasteiger charge is -2.34. The van der Waals surface area contributed by atoms with E-state index in [1.807, 2.05) is 24.3 Å². The van der Waals surface area contributed by atoms with Crippen LogP contribution < -0.4 is 14.4 Å². The van der Waals surface area contributed by atoms with Crippen LogP contribution in [-0.2, 0) is 14.8 Å². The molecule has 1 aliphatic heterocycles. The van der Waals surface area contributed by atoms with Gasteiger partial charge < -0.3 is 10.1 Å². The van der Waals surface area contributed by atoms with Crippen LogP contribution >= 0.6 is 11.6 Å². The summed E-state index contributed by atoms with van der Waals surface area (Å²) in [7, 11) is -3.93. The summed E-state index contributed by atoms with van der Waals surface area (Å²) >= 11 is 6.12. The summed E-state index contributed by atoms with van der Waals surface area (Å²) < 4.78 is 33.8. The van der Waals surface area contributed by atoms with Gasteiger partial charge >= 0.3 is 0 Å². The molecule has 0 aliphatic carbocycles. The average Bonchev–Trinajstić information content (AvgIpc) is 2.79. The molecule has 1 aliphatic rings. The predicted molar refractivity (Wildman–Crippen MR) is 126 cm³/mol. The highest BCUT2D eigenvalue weighted by molar-refractivity contribution is 7.92. The molecule has 0 spiro atoms. The van der Waals surface area contributed by atoms with Crippen LogP contribution in [0.25, 0.3) is 0 Å². The standard InChI is InChI=1S/C24H23ClN2O4S/c1-16(2)17-8-11-19(12-9-17)26-24(28)23-15-27(21-14-18(25)10-13-22(21)31-23)32(29,30)20-6-4-3-5-7-20/h3-14,16,23H,15H2,1-2H3,(H,26,28)/t23-/m1/s1. The molecule has 0 saturated carbocycles. The summed E-state index contributed by atoms with van der Waals surface area (Å²) in [5.74, 6) is 0.216. The zero-order valence-electron chi connectivity index (χ0n) is 17.7. The van der Waals surface area contributed by atoms with Crippen molar-refractivity contribution in [3.63, 3.8) is 0 Å². The largest absolute Gasteiger partial charge is 0.476 e. The van der Waals surface area contributed by atoms with E-state index in [1.54, 1.807) is 30.3 Å². The minimum atomic E-state index is -3.93. The fraction of sp³-hybridized carbons (Fsp3) is 0.208. The van der Waals surface area contributed by atoms with Gasteiger partial charge in [0, 0.05) is 10.7 Å². The van der Waals surface area contributed by atoms with E-state index in [0.717, 1.165) is 5.56 Å². The Hall–Kier alpha value is -3.03. The molecular weight excluding hydrogens is 448 g/mol. The second-order valence-corrected chi connectivity index (χ2v) is 10.1. The highest BCUT2D eigenvalue weighted by Crippen LogP contribution is 2.39. The number of hydrogen-bond acceptors (Lipinski definition) is 4. The van der Waals surface area contributed by atoms with Crippen LogP contribution in [0.15, 0.2) is 77.7 Å². The Morgan fingerprint density at radius 2 is 1.75 bits per heavy atom. The normalized spacial score (nSPS) is 15.8. The van der Waals surface area contributed by atoms with Crippen molar-refractivity contribution in [1.82, 2.24) is 0 Å². The Balaban J connectivity index is 1.64.